The minimum absolute atomic E-state index is 0.238. The lowest BCUT2D eigenvalue weighted by molar-refractivity contribution is -0.160. The molecule has 33 heavy (non-hydrogen) atoms. The molecule has 0 aromatic carbocycles. The van der Waals surface area contributed by atoms with Crippen molar-refractivity contribution in [1.29, 1.82) is 0 Å². The molecule has 8 nitrogen and oxygen atoms in total. The molecule has 0 radical (unpaired) electrons. The van der Waals surface area contributed by atoms with Gasteiger partial charge in [0.05, 0.1) is 18.4 Å². The summed E-state index contributed by atoms with van der Waals surface area (Å²) in [7, 11) is 1.32. The number of carboxylic acid groups (broad SMARTS) is 1. The third-order valence-electron chi connectivity index (χ3n) is 5.85. The highest BCUT2D eigenvalue weighted by atomic mass is 16.5. The number of carbonyl (C=O) groups excluding carboxylic acids is 1. The quantitative estimate of drug-likeness (QED) is 0.610. The van der Waals surface area contributed by atoms with Gasteiger partial charge in [-0.3, -0.25) is 4.98 Å². The van der Waals surface area contributed by atoms with E-state index in [9.17, 15) is 14.7 Å². The normalized spacial score (nSPS) is 17.2. The summed E-state index contributed by atoms with van der Waals surface area (Å²) in [6.07, 6.45) is 4.05. The molecule has 2 N–H and O–H groups in total. The number of hydrogen-bond donors (Lipinski definition) is 2. The average molecular weight is 462 g/mol. The first-order valence-corrected chi connectivity index (χ1v) is 11.4. The molecule has 1 amide bonds. The number of hydrogen-bond acceptors (Lipinski definition) is 6. The Morgan fingerprint density at radius 3 is 2.33 bits per heavy atom. The van der Waals surface area contributed by atoms with Crippen molar-refractivity contribution in [3.8, 4) is 0 Å². The molecule has 1 fully saturated rings. The molecule has 184 valence electrons. The number of aryl methyl sites for hydroxylation is 2. The Hall–Kier alpha value is -2.61. The number of ether oxygens (including phenoxy) is 2. The maximum absolute atomic E-state index is 12.4. The highest BCUT2D eigenvalue weighted by Crippen LogP contribution is 2.41. The zero-order valence-electron chi connectivity index (χ0n) is 21.2. The van der Waals surface area contributed by atoms with Crippen molar-refractivity contribution < 1.29 is 24.2 Å². The summed E-state index contributed by atoms with van der Waals surface area (Å²) in [5, 5.41) is 12.8. The predicted octanol–water partition coefficient (Wildman–Crippen LogP) is 4.63. The zero-order chi connectivity index (χ0) is 25.0. The Morgan fingerprint density at radius 1 is 1.21 bits per heavy atom. The predicted molar refractivity (Wildman–Crippen MR) is 130 cm³/mol. The number of piperidine rings is 1. The van der Waals surface area contributed by atoms with Gasteiger partial charge < -0.3 is 24.8 Å². The summed E-state index contributed by atoms with van der Waals surface area (Å²) < 4.78 is 10.7. The number of amides is 1. The van der Waals surface area contributed by atoms with E-state index >= 15 is 0 Å². The molecule has 1 aromatic heterocycles. The van der Waals surface area contributed by atoms with E-state index < -0.39 is 23.8 Å². The number of carbonyl (C=O) groups is 2. The SMILES string of the molecule is COC(=O)NCC=Cc1c(C)nc(C)c([C@H](OC(C)(C)C)C(=O)O)c1N1CCC(C)(C)CC1. The van der Waals surface area contributed by atoms with Crippen LogP contribution in [0.15, 0.2) is 6.08 Å². The molecule has 0 saturated carbocycles. The van der Waals surface area contributed by atoms with Gasteiger partial charge in [0.15, 0.2) is 6.10 Å². The van der Waals surface area contributed by atoms with Crippen LogP contribution in [0.4, 0.5) is 10.5 Å². The molecule has 0 aliphatic carbocycles. The van der Waals surface area contributed by atoms with E-state index in [4.69, 9.17) is 4.74 Å². The molecule has 1 aliphatic rings. The zero-order valence-corrected chi connectivity index (χ0v) is 21.2. The number of methoxy groups -OCH3 is 1. The molecule has 1 saturated heterocycles. The van der Waals surface area contributed by atoms with E-state index in [-0.39, 0.29) is 12.0 Å². The molecule has 1 aliphatic heterocycles. The number of alkyl carbamates (subject to hydrolysis) is 1. The highest BCUT2D eigenvalue weighted by Gasteiger charge is 2.35. The van der Waals surface area contributed by atoms with Crippen molar-refractivity contribution in [3.63, 3.8) is 0 Å². The van der Waals surface area contributed by atoms with Crippen LogP contribution < -0.4 is 10.2 Å². The van der Waals surface area contributed by atoms with Gasteiger partial charge in [0.1, 0.15) is 0 Å². The van der Waals surface area contributed by atoms with E-state index in [2.05, 4.69) is 33.8 Å². The van der Waals surface area contributed by atoms with Crippen LogP contribution in [0.25, 0.3) is 6.08 Å². The number of nitrogens with zero attached hydrogens (tertiary/aromatic N) is 2. The van der Waals surface area contributed by atoms with E-state index in [1.54, 1.807) is 0 Å². The third kappa shape index (κ3) is 7.19. The van der Waals surface area contributed by atoms with E-state index in [0.29, 0.717) is 11.3 Å². The van der Waals surface area contributed by atoms with Crippen LogP contribution in [0.1, 0.15) is 76.1 Å². The van der Waals surface area contributed by atoms with Gasteiger partial charge in [0, 0.05) is 42.1 Å². The Morgan fingerprint density at radius 2 is 1.82 bits per heavy atom. The number of aromatic nitrogens is 1. The molecule has 1 atom stereocenters. The fourth-order valence-electron chi connectivity index (χ4n) is 4.03. The van der Waals surface area contributed by atoms with Crippen molar-refractivity contribution in [2.45, 2.75) is 73.0 Å². The van der Waals surface area contributed by atoms with E-state index in [1.807, 2.05) is 46.8 Å². The van der Waals surface area contributed by atoms with Crippen molar-refractivity contribution in [2.24, 2.45) is 5.41 Å². The summed E-state index contributed by atoms with van der Waals surface area (Å²) >= 11 is 0. The maximum Gasteiger partial charge on any atom is 0.407 e. The maximum atomic E-state index is 12.4. The van der Waals surface area contributed by atoms with Crippen molar-refractivity contribution in [2.75, 3.05) is 31.6 Å². The smallest absolute Gasteiger partial charge is 0.407 e. The van der Waals surface area contributed by atoms with Gasteiger partial charge in [0.25, 0.3) is 0 Å². The molecular weight excluding hydrogens is 422 g/mol. The van der Waals surface area contributed by atoms with Crippen LogP contribution in [-0.2, 0) is 14.3 Å². The number of carboxylic acids is 1. The van der Waals surface area contributed by atoms with Gasteiger partial charge in [-0.15, -0.1) is 0 Å². The van der Waals surface area contributed by atoms with Gasteiger partial charge in [-0.2, -0.15) is 0 Å². The highest BCUT2D eigenvalue weighted by molar-refractivity contribution is 5.82. The Bertz CT molecular complexity index is 892. The van der Waals surface area contributed by atoms with Crippen LogP contribution in [0.2, 0.25) is 0 Å². The first-order valence-electron chi connectivity index (χ1n) is 11.4. The Kier molecular flexibility index (Phi) is 8.52. The first-order chi connectivity index (χ1) is 15.3. The van der Waals surface area contributed by atoms with Crippen LogP contribution >= 0.6 is 0 Å². The molecule has 0 unspecified atom stereocenters. The van der Waals surface area contributed by atoms with E-state index in [0.717, 1.165) is 42.9 Å². The molecular formula is C25H39N3O5. The lowest BCUT2D eigenvalue weighted by Gasteiger charge is -2.41. The largest absolute Gasteiger partial charge is 0.479 e. The fourth-order valence-corrected chi connectivity index (χ4v) is 4.03. The monoisotopic (exact) mass is 461 g/mol. The lowest BCUT2D eigenvalue weighted by atomic mass is 9.82. The van der Waals surface area contributed by atoms with E-state index in [1.165, 1.54) is 7.11 Å². The van der Waals surface area contributed by atoms with Gasteiger partial charge in [-0.05, 0) is 52.9 Å². The van der Waals surface area contributed by atoms with Crippen LogP contribution in [0.3, 0.4) is 0 Å². The summed E-state index contributed by atoms with van der Waals surface area (Å²) in [6.45, 7) is 15.7. The summed E-state index contributed by atoms with van der Waals surface area (Å²) in [6, 6.07) is 0. The second-order valence-electron chi connectivity index (χ2n) is 10.3. The van der Waals surface area contributed by atoms with Crippen molar-refractivity contribution in [3.05, 3.63) is 28.6 Å². The van der Waals surface area contributed by atoms with Gasteiger partial charge >= 0.3 is 12.1 Å². The van der Waals surface area contributed by atoms with Gasteiger partial charge in [-0.25, -0.2) is 9.59 Å². The molecule has 2 heterocycles. The topological polar surface area (TPSA) is 101 Å². The number of pyridine rings is 1. The number of rotatable bonds is 7. The lowest BCUT2D eigenvalue weighted by Crippen LogP contribution is -2.39. The van der Waals surface area contributed by atoms with Crippen LogP contribution in [-0.4, -0.2) is 54.5 Å². The standard InChI is InChI=1S/C25H39N3O5/c1-16-18(10-9-13-26-23(31)32-8)20(28-14-11-25(6,7)12-15-28)19(17(2)27-16)21(22(29)30)33-24(3,4)5/h9-10,21H,11-15H2,1-8H3,(H,26,31)(H,29,30)/t21-/m0/s1. The summed E-state index contributed by atoms with van der Waals surface area (Å²) in [5.41, 5.74) is 3.30. The second kappa shape index (κ2) is 10.5. The van der Waals surface area contributed by atoms with Crippen molar-refractivity contribution in [1.82, 2.24) is 10.3 Å². The Labute approximate surface area is 197 Å². The van der Waals surface area contributed by atoms with Crippen LogP contribution in [0.5, 0.6) is 0 Å². The molecule has 2 rings (SSSR count). The molecule has 1 aromatic rings. The first kappa shape index (κ1) is 26.6. The molecule has 0 bridgehead atoms. The number of anilines is 1. The fraction of sp³-hybridized carbons (Fsp3) is 0.640. The summed E-state index contributed by atoms with van der Waals surface area (Å²) in [5.74, 6) is -1.04. The second-order valence-corrected chi connectivity index (χ2v) is 10.3. The molecule has 0 spiro atoms. The number of nitrogens with one attached hydrogen (secondary N) is 1. The minimum Gasteiger partial charge on any atom is -0.479 e. The van der Waals surface area contributed by atoms with Gasteiger partial charge in [0.2, 0.25) is 0 Å². The molecule has 8 heteroatoms. The summed E-state index contributed by atoms with van der Waals surface area (Å²) in [4.78, 5) is 30.7. The van der Waals surface area contributed by atoms with Crippen LogP contribution in [0, 0.1) is 19.3 Å². The Balaban J connectivity index is 2.63. The average Bonchev–Trinajstić information content (AvgIpc) is 2.69. The third-order valence-corrected chi connectivity index (χ3v) is 5.85. The number of aliphatic carboxylic acids is 1. The van der Waals surface area contributed by atoms with Crippen molar-refractivity contribution >= 4 is 23.8 Å². The minimum atomic E-state index is -1.15. The van der Waals surface area contributed by atoms with Gasteiger partial charge in [-0.1, -0.05) is 26.0 Å².